The lowest BCUT2D eigenvalue weighted by molar-refractivity contribution is -0.132. The molecule has 0 bridgehead atoms. The second kappa shape index (κ2) is 5.36. The molecule has 0 saturated carbocycles. The van der Waals surface area contributed by atoms with E-state index in [1.54, 1.807) is 17.2 Å². The molecule has 104 valence electrons. The molecule has 0 spiro atoms. The van der Waals surface area contributed by atoms with Gasteiger partial charge in [-0.3, -0.25) is 4.79 Å². The van der Waals surface area contributed by atoms with Crippen molar-refractivity contribution >= 4 is 21.8 Å². The summed E-state index contributed by atoms with van der Waals surface area (Å²) in [7, 11) is 0. The maximum Gasteiger partial charge on any atom is 0.227 e. The summed E-state index contributed by atoms with van der Waals surface area (Å²) in [5.41, 5.74) is 0.797. The minimum Gasteiger partial charge on any atom is -0.333 e. The number of nitrogens with zero attached hydrogens (tertiary/aromatic N) is 3. The van der Waals surface area contributed by atoms with E-state index in [1.807, 2.05) is 6.20 Å². The third kappa shape index (κ3) is 2.60. The Hall–Kier alpha value is -1.69. The average Bonchev–Trinajstić information content (AvgIpc) is 2.89. The van der Waals surface area contributed by atoms with E-state index in [-0.39, 0.29) is 18.1 Å². The standard InChI is InChI=1S/C14H13BrFN3O/c15-12-8-11(16)2-1-10(12)7-14(20)19-6-5-18-4-3-17-13(18)9-19/h1-4,8H,5-7,9H2. The van der Waals surface area contributed by atoms with Crippen LogP contribution >= 0.6 is 15.9 Å². The van der Waals surface area contributed by atoms with Gasteiger partial charge < -0.3 is 9.47 Å². The van der Waals surface area contributed by atoms with Crippen molar-refractivity contribution in [1.29, 1.82) is 0 Å². The molecule has 3 rings (SSSR count). The van der Waals surface area contributed by atoms with E-state index in [4.69, 9.17) is 0 Å². The number of imidazole rings is 1. The Balaban J connectivity index is 1.71. The quantitative estimate of drug-likeness (QED) is 0.843. The van der Waals surface area contributed by atoms with Crippen LogP contribution in [0.2, 0.25) is 0 Å². The highest BCUT2D eigenvalue weighted by Gasteiger charge is 2.21. The predicted molar refractivity (Wildman–Crippen MR) is 75.4 cm³/mol. The molecule has 1 aliphatic rings. The van der Waals surface area contributed by atoms with Crippen molar-refractivity contribution in [2.45, 2.75) is 19.5 Å². The van der Waals surface area contributed by atoms with Gasteiger partial charge in [-0.1, -0.05) is 22.0 Å². The fourth-order valence-electron chi connectivity index (χ4n) is 2.33. The molecule has 2 aromatic rings. The van der Waals surface area contributed by atoms with Crippen molar-refractivity contribution in [2.75, 3.05) is 6.54 Å². The van der Waals surface area contributed by atoms with Gasteiger partial charge in [0.25, 0.3) is 0 Å². The molecular formula is C14H13BrFN3O. The first kappa shape index (κ1) is 13.3. The van der Waals surface area contributed by atoms with Gasteiger partial charge in [0.15, 0.2) is 0 Å². The van der Waals surface area contributed by atoms with Gasteiger partial charge in [0.05, 0.1) is 13.0 Å². The number of carbonyl (C=O) groups excluding carboxylic acids is 1. The van der Waals surface area contributed by atoms with Crippen LogP contribution in [-0.2, 0) is 24.3 Å². The molecule has 2 heterocycles. The maximum absolute atomic E-state index is 13.0. The summed E-state index contributed by atoms with van der Waals surface area (Å²) >= 11 is 3.29. The van der Waals surface area contributed by atoms with Crippen LogP contribution in [0.1, 0.15) is 11.4 Å². The molecule has 1 aromatic carbocycles. The summed E-state index contributed by atoms with van der Waals surface area (Å²) in [6.07, 6.45) is 3.94. The largest absolute Gasteiger partial charge is 0.333 e. The Bertz CT molecular complexity index is 656. The van der Waals surface area contributed by atoms with Gasteiger partial charge in [-0.25, -0.2) is 9.37 Å². The fraction of sp³-hybridized carbons (Fsp3) is 0.286. The number of benzene rings is 1. The zero-order valence-corrected chi connectivity index (χ0v) is 12.3. The van der Waals surface area contributed by atoms with E-state index in [1.165, 1.54) is 12.1 Å². The molecule has 0 radical (unpaired) electrons. The Morgan fingerprint density at radius 3 is 3.05 bits per heavy atom. The number of carbonyl (C=O) groups is 1. The van der Waals surface area contributed by atoms with Crippen molar-refractivity contribution in [3.63, 3.8) is 0 Å². The second-order valence-corrected chi connectivity index (χ2v) is 5.62. The lowest BCUT2D eigenvalue weighted by Crippen LogP contribution is -2.39. The third-order valence-corrected chi connectivity index (χ3v) is 4.19. The molecule has 1 amide bonds. The first-order valence-corrected chi connectivity index (χ1v) is 7.14. The highest BCUT2D eigenvalue weighted by molar-refractivity contribution is 9.10. The maximum atomic E-state index is 13.0. The second-order valence-electron chi connectivity index (χ2n) is 4.76. The topological polar surface area (TPSA) is 38.1 Å². The van der Waals surface area contributed by atoms with Gasteiger partial charge in [-0.2, -0.15) is 0 Å². The molecule has 0 atom stereocenters. The molecular weight excluding hydrogens is 325 g/mol. The summed E-state index contributed by atoms with van der Waals surface area (Å²) in [6.45, 7) is 1.98. The predicted octanol–water partition coefficient (Wildman–Crippen LogP) is 2.37. The van der Waals surface area contributed by atoms with Crippen LogP contribution in [0.4, 0.5) is 4.39 Å². The Morgan fingerprint density at radius 2 is 2.25 bits per heavy atom. The van der Waals surface area contributed by atoms with Gasteiger partial charge in [0.2, 0.25) is 5.91 Å². The van der Waals surface area contributed by atoms with Crippen LogP contribution in [0.15, 0.2) is 35.1 Å². The van der Waals surface area contributed by atoms with Gasteiger partial charge in [0, 0.05) is 30.0 Å². The molecule has 0 unspecified atom stereocenters. The normalized spacial score (nSPS) is 14.2. The molecule has 20 heavy (non-hydrogen) atoms. The summed E-state index contributed by atoms with van der Waals surface area (Å²) < 4.78 is 15.7. The van der Waals surface area contributed by atoms with Crippen molar-refractivity contribution in [3.05, 3.63) is 52.3 Å². The van der Waals surface area contributed by atoms with Gasteiger partial charge >= 0.3 is 0 Å². The van der Waals surface area contributed by atoms with Crippen LogP contribution in [-0.4, -0.2) is 26.9 Å². The van der Waals surface area contributed by atoms with Gasteiger partial charge in [0.1, 0.15) is 11.6 Å². The van der Waals surface area contributed by atoms with Crippen molar-refractivity contribution < 1.29 is 9.18 Å². The highest BCUT2D eigenvalue weighted by Crippen LogP contribution is 2.20. The lowest BCUT2D eigenvalue weighted by atomic mass is 10.1. The van der Waals surface area contributed by atoms with Crippen LogP contribution in [0.25, 0.3) is 0 Å². The van der Waals surface area contributed by atoms with E-state index < -0.39 is 0 Å². The average molecular weight is 338 g/mol. The number of hydrogen-bond donors (Lipinski definition) is 0. The molecule has 1 aliphatic heterocycles. The van der Waals surface area contributed by atoms with Crippen molar-refractivity contribution in [2.24, 2.45) is 0 Å². The Kier molecular flexibility index (Phi) is 3.56. The summed E-state index contributed by atoms with van der Waals surface area (Å²) in [4.78, 5) is 18.3. The van der Waals surface area contributed by atoms with E-state index >= 15 is 0 Å². The van der Waals surface area contributed by atoms with Crippen LogP contribution in [0.5, 0.6) is 0 Å². The van der Waals surface area contributed by atoms with Crippen LogP contribution in [0, 0.1) is 5.82 Å². The minimum absolute atomic E-state index is 0.0339. The molecule has 4 nitrogen and oxygen atoms in total. The molecule has 1 aromatic heterocycles. The number of aromatic nitrogens is 2. The minimum atomic E-state index is -0.312. The van der Waals surface area contributed by atoms with Gasteiger partial charge in [-0.15, -0.1) is 0 Å². The number of rotatable bonds is 2. The number of hydrogen-bond acceptors (Lipinski definition) is 2. The first-order valence-electron chi connectivity index (χ1n) is 6.35. The van der Waals surface area contributed by atoms with E-state index in [2.05, 4.69) is 25.5 Å². The monoisotopic (exact) mass is 337 g/mol. The number of halogens is 2. The zero-order valence-electron chi connectivity index (χ0n) is 10.7. The fourth-order valence-corrected chi connectivity index (χ4v) is 2.82. The smallest absolute Gasteiger partial charge is 0.227 e. The van der Waals surface area contributed by atoms with Gasteiger partial charge in [-0.05, 0) is 17.7 Å². The molecule has 0 N–H and O–H groups in total. The number of amides is 1. The van der Waals surface area contributed by atoms with Crippen LogP contribution in [0.3, 0.4) is 0 Å². The first-order chi connectivity index (χ1) is 9.63. The summed E-state index contributed by atoms with van der Waals surface area (Å²) in [6, 6.07) is 4.39. The Morgan fingerprint density at radius 1 is 1.40 bits per heavy atom. The van der Waals surface area contributed by atoms with Crippen LogP contribution < -0.4 is 0 Å². The number of fused-ring (bicyclic) bond motifs is 1. The highest BCUT2D eigenvalue weighted by atomic mass is 79.9. The third-order valence-electron chi connectivity index (χ3n) is 3.45. The van der Waals surface area contributed by atoms with Crippen molar-refractivity contribution in [3.8, 4) is 0 Å². The summed E-state index contributed by atoms with van der Waals surface area (Å²) in [5, 5.41) is 0. The van der Waals surface area contributed by atoms with E-state index in [0.717, 1.165) is 17.9 Å². The molecule has 0 saturated heterocycles. The Labute approximate surface area is 124 Å². The summed E-state index contributed by atoms with van der Waals surface area (Å²) in [5.74, 6) is 0.627. The van der Waals surface area contributed by atoms with Crippen molar-refractivity contribution in [1.82, 2.24) is 14.5 Å². The van der Waals surface area contributed by atoms with E-state index in [0.29, 0.717) is 17.6 Å². The van der Waals surface area contributed by atoms with E-state index in [9.17, 15) is 9.18 Å². The zero-order chi connectivity index (χ0) is 14.1. The molecule has 0 fully saturated rings. The molecule has 0 aliphatic carbocycles. The lowest BCUT2D eigenvalue weighted by Gasteiger charge is -2.27. The SMILES string of the molecule is O=C(Cc1ccc(F)cc1Br)N1CCn2ccnc2C1. The molecule has 6 heteroatoms.